The van der Waals surface area contributed by atoms with Gasteiger partial charge in [0.1, 0.15) is 10.4 Å². The van der Waals surface area contributed by atoms with E-state index in [1.807, 2.05) is 18.3 Å². The molecular weight excluding hydrogens is 256 g/mol. The van der Waals surface area contributed by atoms with Gasteiger partial charge in [0.2, 0.25) is 0 Å². The second kappa shape index (κ2) is 4.84. The van der Waals surface area contributed by atoms with Crippen LogP contribution in [0, 0.1) is 0 Å². The summed E-state index contributed by atoms with van der Waals surface area (Å²) in [6.45, 7) is 0.699. The summed E-state index contributed by atoms with van der Waals surface area (Å²) in [4.78, 5) is 12.2. The molecule has 1 N–H and O–H groups in total. The van der Waals surface area contributed by atoms with Crippen LogP contribution >= 0.6 is 15.9 Å². The fourth-order valence-corrected chi connectivity index (χ4v) is 1.30. The first kappa shape index (κ1) is 10.0. The average Bonchev–Trinajstić information content (AvgIpc) is 2.30. The van der Waals surface area contributed by atoms with E-state index >= 15 is 0 Å². The molecule has 2 rings (SSSR count). The molecule has 0 spiro atoms. The van der Waals surface area contributed by atoms with Crippen LogP contribution in [-0.4, -0.2) is 15.0 Å². The molecule has 0 radical (unpaired) electrons. The second-order valence-electron chi connectivity index (χ2n) is 2.94. The van der Waals surface area contributed by atoms with Gasteiger partial charge in [0.15, 0.2) is 0 Å². The highest BCUT2D eigenvalue weighted by atomic mass is 79.9. The van der Waals surface area contributed by atoms with Crippen molar-refractivity contribution in [1.82, 2.24) is 15.0 Å². The van der Waals surface area contributed by atoms with E-state index in [0.29, 0.717) is 6.54 Å². The van der Waals surface area contributed by atoms with Crippen molar-refractivity contribution in [3.05, 3.63) is 47.1 Å². The van der Waals surface area contributed by atoms with Crippen molar-refractivity contribution < 1.29 is 0 Å². The molecule has 2 aromatic rings. The van der Waals surface area contributed by atoms with Gasteiger partial charge >= 0.3 is 0 Å². The van der Waals surface area contributed by atoms with Gasteiger partial charge in [-0.25, -0.2) is 9.97 Å². The monoisotopic (exact) mass is 264 g/mol. The molecular formula is C10H9BrN4. The lowest BCUT2D eigenvalue weighted by molar-refractivity contribution is 1.06. The zero-order valence-electron chi connectivity index (χ0n) is 7.89. The Hall–Kier alpha value is -1.49. The Morgan fingerprint density at radius 2 is 2.13 bits per heavy atom. The van der Waals surface area contributed by atoms with Crippen molar-refractivity contribution >= 4 is 21.7 Å². The third-order valence-electron chi connectivity index (χ3n) is 1.82. The van der Waals surface area contributed by atoms with E-state index in [2.05, 4.69) is 36.2 Å². The van der Waals surface area contributed by atoms with Gasteiger partial charge in [0.25, 0.3) is 0 Å². The molecule has 5 heteroatoms. The number of nitrogens with zero attached hydrogens (tertiary/aromatic N) is 3. The van der Waals surface area contributed by atoms with E-state index in [9.17, 15) is 0 Å². The number of anilines is 1. The number of aromatic nitrogens is 3. The minimum Gasteiger partial charge on any atom is -0.365 e. The molecule has 0 aliphatic carbocycles. The number of rotatable bonds is 3. The first-order valence-electron chi connectivity index (χ1n) is 4.45. The Balaban J connectivity index is 1.96. The van der Waals surface area contributed by atoms with Crippen molar-refractivity contribution in [2.45, 2.75) is 6.54 Å². The number of halogens is 1. The molecule has 0 atom stereocenters. The molecule has 2 aromatic heterocycles. The molecule has 2 heterocycles. The van der Waals surface area contributed by atoms with Crippen molar-refractivity contribution in [2.75, 3.05) is 5.32 Å². The Morgan fingerprint density at radius 3 is 2.80 bits per heavy atom. The Kier molecular flexibility index (Phi) is 3.24. The number of nitrogens with one attached hydrogen (secondary N) is 1. The van der Waals surface area contributed by atoms with Gasteiger partial charge in [0.05, 0.1) is 12.4 Å². The third kappa shape index (κ3) is 2.99. The number of hydrogen-bond donors (Lipinski definition) is 1. The molecule has 0 aromatic carbocycles. The van der Waals surface area contributed by atoms with Crippen LogP contribution in [0.4, 0.5) is 5.82 Å². The number of pyridine rings is 1. The fraction of sp³-hybridized carbons (Fsp3) is 0.100. The lowest BCUT2D eigenvalue weighted by Crippen LogP contribution is -2.01. The minimum absolute atomic E-state index is 0.699. The summed E-state index contributed by atoms with van der Waals surface area (Å²) in [5.74, 6) is 0.752. The molecule has 76 valence electrons. The van der Waals surface area contributed by atoms with Gasteiger partial charge < -0.3 is 5.32 Å². The highest BCUT2D eigenvalue weighted by Gasteiger charge is 1.95. The predicted molar refractivity (Wildman–Crippen MR) is 61.3 cm³/mol. The minimum atomic E-state index is 0.699. The van der Waals surface area contributed by atoms with Crippen LogP contribution in [-0.2, 0) is 6.54 Å². The molecule has 0 unspecified atom stereocenters. The summed E-state index contributed by atoms with van der Waals surface area (Å²) in [7, 11) is 0. The third-order valence-corrected chi connectivity index (χ3v) is 2.23. The molecule has 0 bridgehead atoms. The first-order chi connectivity index (χ1) is 7.34. The molecule has 0 aliphatic heterocycles. The summed E-state index contributed by atoms with van der Waals surface area (Å²) in [6, 6.07) is 3.91. The van der Waals surface area contributed by atoms with Crippen molar-refractivity contribution in [1.29, 1.82) is 0 Å². The largest absolute Gasteiger partial charge is 0.365 e. The van der Waals surface area contributed by atoms with E-state index in [-0.39, 0.29) is 0 Å². The lowest BCUT2D eigenvalue weighted by Gasteiger charge is -2.04. The van der Waals surface area contributed by atoms with Crippen molar-refractivity contribution in [2.24, 2.45) is 0 Å². The van der Waals surface area contributed by atoms with Crippen LogP contribution in [0.1, 0.15) is 5.56 Å². The fourth-order valence-electron chi connectivity index (χ4n) is 1.10. The summed E-state index contributed by atoms with van der Waals surface area (Å²) in [6.07, 6.45) is 6.91. The first-order valence-corrected chi connectivity index (χ1v) is 5.24. The Labute approximate surface area is 95.9 Å². The number of hydrogen-bond acceptors (Lipinski definition) is 4. The maximum Gasteiger partial charge on any atom is 0.144 e. The van der Waals surface area contributed by atoms with E-state index in [1.165, 1.54) is 0 Å². The normalized spacial score (nSPS) is 9.93. The molecule has 0 fully saturated rings. The molecule has 4 nitrogen and oxygen atoms in total. The Morgan fingerprint density at radius 1 is 1.20 bits per heavy atom. The SMILES string of the molecule is Brc1cnc(NCc2cccnc2)cn1. The van der Waals surface area contributed by atoms with E-state index < -0.39 is 0 Å². The predicted octanol–water partition coefficient (Wildman–Crippen LogP) is 2.25. The maximum atomic E-state index is 4.15. The van der Waals surface area contributed by atoms with Crippen LogP contribution in [0.15, 0.2) is 41.5 Å². The summed E-state index contributed by atoms with van der Waals surface area (Å²) in [5, 5.41) is 3.15. The quantitative estimate of drug-likeness (QED) is 0.924. The summed E-state index contributed by atoms with van der Waals surface area (Å²) >= 11 is 3.23. The van der Waals surface area contributed by atoms with Crippen molar-refractivity contribution in [3.63, 3.8) is 0 Å². The smallest absolute Gasteiger partial charge is 0.144 e. The van der Waals surface area contributed by atoms with Gasteiger partial charge in [-0.1, -0.05) is 6.07 Å². The second-order valence-corrected chi connectivity index (χ2v) is 3.75. The average molecular weight is 265 g/mol. The van der Waals surface area contributed by atoms with Gasteiger partial charge in [-0.15, -0.1) is 0 Å². The van der Waals surface area contributed by atoms with Gasteiger partial charge in [-0.2, -0.15) is 0 Å². The van der Waals surface area contributed by atoms with Crippen LogP contribution in [0.3, 0.4) is 0 Å². The highest BCUT2D eigenvalue weighted by Crippen LogP contribution is 2.07. The molecule has 0 saturated carbocycles. The maximum absolute atomic E-state index is 4.15. The van der Waals surface area contributed by atoms with Gasteiger partial charge in [-0.3, -0.25) is 4.98 Å². The summed E-state index contributed by atoms with van der Waals surface area (Å²) < 4.78 is 0.731. The van der Waals surface area contributed by atoms with Crippen LogP contribution < -0.4 is 5.32 Å². The molecule has 0 aliphatic rings. The summed E-state index contributed by atoms with van der Waals surface area (Å²) in [5.41, 5.74) is 1.11. The van der Waals surface area contributed by atoms with Crippen molar-refractivity contribution in [3.8, 4) is 0 Å². The molecule has 0 saturated heterocycles. The van der Waals surface area contributed by atoms with E-state index in [4.69, 9.17) is 0 Å². The van der Waals surface area contributed by atoms with Gasteiger partial charge in [-0.05, 0) is 27.6 Å². The Bertz CT molecular complexity index is 415. The highest BCUT2D eigenvalue weighted by molar-refractivity contribution is 9.10. The van der Waals surface area contributed by atoms with E-state index in [0.717, 1.165) is 16.0 Å². The molecule has 15 heavy (non-hydrogen) atoms. The standard InChI is InChI=1S/C10H9BrN4/c11-9-6-15-10(7-13-9)14-5-8-2-1-3-12-4-8/h1-4,6-7H,5H2,(H,14,15). The zero-order valence-corrected chi connectivity index (χ0v) is 9.48. The van der Waals surface area contributed by atoms with Gasteiger partial charge in [0, 0.05) is 18.9 Å². The topological polar surface area (TPSA) is 50.7 Å². The van der Waals surface area contributed by atoms with Crippen LogP contribution in [0.5, 0.6) is 0 Å². The van der Waals surface area contributed by atoms with Crippen LogP contribution in [0.2, 0.25) is 0 Å². The zero-order chi connectivity index (χ0) is 10.5. The van der Waals surface area contributed by atoms with Crippen LogP contribution in [0.25, 0.3) is 0 Å². The molecule has 0 amide bonds. The lowest BCUT2D eigenvalue weighted by atomic mass is 10.3. The van der Waals surface area contributed by atoms with E-state index in [1.54, 1.807) is 18.6 Å².